The first-order valence-corrected chi connectivity index (χ1v) is 9.80. The molecule has 6 nitrogen and oxygen atoms in total. The van der Waals surface area contributed by atoms with E-state index in [1.165, 1.54) is 18.9 Å². The second kappa shape index (κ2) is 7.47. The lowest BCUT2D eigenvalue weighted by Gasteiger charge is -2.11. The van der Waals surface area contributed by atoms with Crippen LogP contribution in [0.15, 0.2) is 54.7 Å². The molecule has 3 aromatic rings. The zero-order valence-corrected chi connectivity index (χ0v) is 15.9. The monoisotopic (exact) mass is 387 g/mol. The van der Waals surface area contributed by atoms with Crippen LogP contribution in [0.1, 0.15) is 24.2 Å². The molecule has 0 radical (unpaired) electrons. The van der Waals surface area contributed by atoms with Gasteiger partial charge in [0.25, 0.3) is 0 Å². The van der Waals surface area contributed by atoms with E-state index >= 15 is 0 Å². The minimum atomic E-state index is -0.195. The number of benzene rings is 2. The number of imidazole rings is 1. The predicted molar refractivity (Wildman–Crippen MR) is 111 cm³/mol. The summed E-state index contributed by atoms with van der Waals surface area (Å²) in [5.41, 5.74) is 3.46. The summed E-state index contributed by atoms with van der Waals surface area (Å²) in [6, 6.07) is 13.4. The number of ether oxygens (including phenoxy) is 2. The number of para-hydroxylation sites is 1. The minimum absolute atomic E-state index is 0.195. The number of hydrogen-bond donors (Lipinski definition) is 1. The first kappa shape index (κ1) is 17.6. The Morgan fingerprint density at radius 3 is 2.93 bits per heavy atom. The maximum absolute atomic E-state index is 12.5. The van der Waals surface area contributed by atoms with E-state index in [1.54, 1.807) is 6.08 Å². The molecule has 5 rings (SSSR count). The number of fused-ring (bicyclic) bond motifs is 2. The smallest absolute Gasteiger partial charge is 0.248 e. The number of rotatable bonds is 4. The first-order valence-electron chi connectivity index (χ1n) is 9.80. The van der Waals surface area contributed by atoms with Crippen LogP contribution in [-0.2, 0) is 17.8 Å². The first-order chi connectivity index (χ1) is 14.3. The molecule has 0 fully saturated rings. The Morgan fingerprint density at radius 2 is 2.00 bits per heavy atom. The van der Waals surface area contributed by atoms with Gasteiger partial charge in [0.1, 0.15) is 5.82 Å². The van der Waals surface area contributed by atoms with E-state index < -0.39 is 0 Å². The van der Waals surface area contributed by atoms with Crippen LogP contribution in [0.25, 0.3) is 17.3 Å². The molecular weight excluding hydrogens is 366 g/mol. The molecule has 0 unspecified atom stereocenters. The molecule has 1 N–H and O–H groups in total. The van der Waals surface area contributed by atoms with E-state index in [0.29, 0.717) is 5.75 Å². The molecule has 3 heterocycles. The Kier molecular flexibility index (Phi) is 4.52. The molecule has 1 amide bonds. The van der Waals surface area contributed by atoms with E-state index in [0.717, 1.165) is 47.0 Å². The molecule has 146 valence electrons. The lowest BCUT2D eigenvalue weighted by atomic mass is 10.1. The number of carbonyl (C=O) groups is 1. The Hall–Kier alpha value is -3.54. The number of aryl methyl sites for hydroxylation is 2. The van der Waals surface area contributed by atoms with Crippen molar-refractivity contribution in [2.75, 3.05) is 12.1 Å². The Morgan fingerprint density at radius 1 is 1.10 bits per heavy atom. The van der Waals surface area contributed by atoms with Crippen molar-refractivity contribution in [2.24, 2.45) is 0 Å². The van der Waals surface area contributed by atoms with Gasteiger partial charge in [0.15, 0.2) is 11.5 Å². The zero-order chi connectivity index (χ0) is 19.6. The molecule has 29 heavy (non-hydrogen) atoms. The Balaban J connectivity index is 1.34. The average Bonchev–Trinajstić information content (AvgIpc) is 3.39. The summed E-state index contributed by atoms with van der Waals surface area (Å²) in [5.74, 6) is 2.35. The fourth-order valence-corrected chi connectivity index (χ4v) is 3.72. The van der Waals surface area contributed by atoms with Gasteiger partial charge in [-0.3, -0.25) is 4.79 Å². The topological polar surface area (TPSA) is 65.4 Å². The fourth-order valence-electron chi connectivity index (χ4n) is 3.72. The molecule has 0 atom stereocenters. The molecule has 0 aliphatic carbocycles. The van der Waals surface area contributed by atoms with Crippen molar-refractivity contribution < 1.29 is 14.3 Å². The quantitative estimate of drug-likeness (QED) is 0.679. The van der Waals surface area contributed by atoms with Crippen molar-refractivity contribution in [3.05, 3.63) is 66.1 Å². The van der Waals surface area contributed by atoms with Gasteiger partial charge in [0.2, 0.25) is 12.7 Å². The fraction of sp³-hybridized carbons (Fsp3) is 0.217. The number of carbonyl (C=O) groups excluding carboxylic acids is 1. The number of hydrogen-bond acceptors (Lipinski definition) is 4. The highest BCUT2D eigenvalue weighted by atomic mass is 16.7. The third kappa shape index (κ3) is 3.61. The van der Waals surface area contributed by atoms with Crippen LogP contribution in [0.3, 0.4) is 0 Å². The highest BCUT2D eigenvalue weighted by Crippen LogP contribution is 2.33. The highest BCUT2D eigenvalue weighted by Gasteiger charge is 2.16. The SMILES string of the molecule is O=C(/C=C/c1ccc2c(c1)OCO2)Nc1ccccc1-c1cn2c(n1)CCCC2. The van der Waals surface area contributed by atoms with Crippen molar-refractivity contribution in [1.29, 1.82) is 0 Å². The largest absolute Gasteiger partial charge is 0.454 e. The lowest BCUT2D eigenvalue weighted by molar-refractivity contribution is -0.111. The van der Waals surface area contributed by atoms with E-state index in [9.17, 15) is 4.79 Å². The van der Waals surface area contributed by atoms with Crippen LogP contribution in [0.4, 0.5) is 5.69 Å². The van der Waals surface area contributed by atoms with Crippen LogP contribution in [0.2, 0.25) is 0 Å². The predicted octanol–water partition coefficient (Wildman–Crippen LogP) is 4.27. The molecular formula is C23H21N3O3. The summed E-state index contributed by atoms with van der Waals surface area (Å²) in [6.45, 7) is 1.24. The zero-order valence-electron chi connectivity index (χ0n) is 15.9. The van der Waals surface area contributed by atoms with Gasteiger partial charge >= 0.3 is 0 Å². The van der Waals surface area contributed by atoms with Crippen molar-refractivity contribution in [1.82, 2.24) is 9.55 Å². The Bertz CT molecular complexity index is 1080. The molecule has 0 spiro atoms. The van der Waals surface area contributed by atoms with E-state index in [4.69, 9.17) is 14.5 Å². The van der Waals surface area contributed by atoms with Gasteiger partial charge in [0.05, 0.1) is 11.4 Å². The van der Waals surface area contributed by atoms with Crippen LogP contribution < -0.4 is 14.8 Å². The summed E-state index contributed by atoms with van der Waals surface area (Å²) in [7, 11) is 0. The molecule has 2 aliphatic heterocycles. The van der Waals surface area contributed by atoms with Crippen LogP contribution in [0.5, 0.6) is 11.5 Å². The summed E-state index contributed by atoms with van der Waals surface area (Å²) >= 11 is 0. The van der Waals surface area contributed by atoms with Gasteiger partial charge in [-0.25, -0.2) is 4.98 Å². The van der Waals surface area contributed by atoms with E-state index in [1.807, 2.05) is 42.5 Å². The number of anilines is 1. The number of aromatic nitrogens is 2. The van der Waals surface area contributed by atoms with Crippen molar-refractivity contribution in [2.45, 2.75) is 25.8 Å². The maximum Gasteiger partial charge on any atom is 0.248 e. The molecule has 0 saturated carbocycles. The summed E-state index contributed by atoms with van der Waals surface area (Å²) < 4.78 is 12.9. The van der Waals surface area contributed by atoms with Gasteiger partial charge < -0.3 is 19.4 Å². The second-order valence-corrected chi connectivity index (χ2v) is 7.17. The van der Waals surface area contributed by atoms with Crippen molar-refractivity contribution in [3.8, 4) is 22.8 Å². The van der Waals surface area contributed by atoms with E-state index in [2.05, 4.69) is 16.1 Å². The molecule has 2 aliphatic rings. The second-order valence-electron chi connectivity index (χ2n) is 7.17. The van der Waals surface area contributed by atoms with Gasteiger partial charge in [-0.05, 0) is 42.7 Å². The number of amides is 1. The van der Waals surface area contributed by atoms with Crippen LogP contribution >= 0.6 is 0 Å². The van der Waals surface area contributed by atoms with Crippen LogP contribution in [-0.4, -0.2) is 22.3 Å². The summed E-state index contributed by atoms with van der Waals surface area (Å²) in [4.78, 5) is 17.3. The molecule has 0 bridgehead atoms. The standard InChI is InChI=1S/C23H21N3O3/c27-23(11-9-16-8-10-20-21(13-16)29-15-28-20)25-18-6-2-1-5-17(18)19-14-26-12-4-3-7-22(26)24-19/h1-2,5-6,8-11,13-14H,3-4,7,12,15H2,(H,25,27)/b11-9+. The third-order valence-electron chi connectivity index (χ3n) is 5.19. The summed E-state index contributed by atoms with van der Waals surface area (Å²) in [6.07, 6.45) is 8.74. The van der Waals surface area contributed by atoms with Gasteiger partial charge in [-0.2, -0.15) is 0 Å². The Labute approximate surface area is 168 Å². The van der Waals surface area contributed by atoms with E-state index in [-0.39, 0.29) is 12.7 Å². The van der Waals surface area contributed by atoms with Crippen molar-refractivity contribution >= 4 is 17.7 Å². The average molecular weight is 387 g/mol. The molecule has 6 heteroatoms. The van der Waals surface area contributed by atoms with Gasteiger partial charge in [-0.1, -0.05) is 24.3 Å². The minimum Gasteiger partial charge on any atom is -0.454 e. The van der Waals surface area contributed by atoms with Gasteiger partial charge in [0, 0.05) is 30.8 Å². The lowest BCUT2D eigenvalue weighted by Crippen LogP contribution is -2.09. The molecule has 0 saturated heterocycles. The number of nitrogens with zero attached hydrogens (tertiary/aromatic N) is 2. The maximum atomic E-state index is 12.5. The normalized spacial score (nSPS) is 14.8. The molecule has 2 aromatic carbocycles. The summed E-state index contributed by atoms with van der Waals surface area (Å²) in [5, 5.41) is 2.98. The van der Waals surface area contributed by atoms with Crippen LogP contribution in [0, 0.1) is 0 Å². The third-order valence-corrected chi connectivity index (χ3v) is 5.19. The number of nitrogens with one attached hydrogen (secondary N) is 1. The molecule has 1 aromatic heterocycles. The van der Waals surface area contributed by atoms with Gasteiger partial charge in [-0.15, -0.1) is 0 Å². The highest BCUT2D eigenvalue weighted by molar-refractivity contribution is 6.04. The van der Waals surface area contributed by atoms with Crippen molar-refractivity contribution in [3.63, 3.8) is 0 Å².